The molecule has 18 heavy (non-hydrogen) atoms. The number of amides is 1. The first-order valence-corrected chi connectivity index (χ1v) is 6.22. The molecule has 1 aromatic rings. The van der Waals surface area contributed by atoms with Crippen molar-refractivity contribution in [1.82, 2.24) is 5.32 Å². The molecular weight excluding hydrogens is 228 g/mol. The number of carbonyl (C=O) groups is 1. The molecular formula is C14H22N2O2. The molecule has 4 nitrogen and oxygen atoms in total. The number of carbonyl (C=O) groups excluding carboxylic acids is 1. The Morgan fingerprint density at radius 2 is 2.17 bits per heavy atom. The standard InChI is InChI=1S/C14H22N2O2/c1-10(2)9-18-7-6-16-14(17)13-5-4-12(15)8-11(13)3/h4-5,8,10H,6-7,9,15H2,1-3H3,(H,16,17). The van der Waals surface area contributed by atoms with E-state index >= 15 is 0 Å². The van der Waals surface area contributed by atoms with Crippen molar-refractivity contribution < 1.29 is 9.53 Å². The van der Waals surface area contributed by atoms with Crippen LogP contribution in [0.25, 0.3) is 0 Å². The molecule has 0 aliphatic rings. The normalized spacial score (nSPS) is 10.7. The highest BCUT2D eigenvalue weighted by atomic mass is 16.5. The van der Waals surface area contributed by atoms with Gasteiger partial charge in [-0.2, -0.15) is 0 Å². The van der Waals surface area contributed by atoms with Crippen LogP contribution in [0.15, 0.2) is 18.2 Å². The highest BCUT2D eigenvalue weighted by Crippen LogP contribution is 2.12. The smallest absolute Gasteiger partial charge is 0.251 e. The Labute approximate surface area is 109 Å². The van der Waals surface area contributed by atoms with Crippen LogP contribution in [0.3, 0.4) is 0 Å². The predicted molar refractivity (Wildman–Crippen MR) is 73.6 cm³/mol. The molecule has 3 N–H and O–H groups in total. The molecule has 0 bridgehead atoms. The second-order valence-electron chi connectivity index (χ2n) is 4.80. The molecule has 0 unspecified atom stereocenters. The van der Waals surface area contributed by atoms with Gasteiger partial charge >= 0.3 is 0 Å². The molecule has 0 aliphatic carbocycles. The first kappa shape index (κ1) is 14.5. The van der Waals surface area contributed by atoms with Crippen molar-refractivity contribution in [2.24, 2.45) is 5.92 Å². The lowest BCUT2D eigenvalue weighted by atomic mass is 10.1. The zero-order chi connectivity index (χ0) is 13.5. The average Bonchev–Trinajstić information content (AvgIpc) is 2.27. The first-order valence-electron chi connectivity index (χ1n) is 6.22. The van der Waals surface area contributed by atoms with Gasteiger partial charge in [-0.25, -0.2) is 0 Å². The van der Waals surface area contributed by atoms with Crippen LogP contribution in [0.5, 0.6) is 0 Å². The van der Waals surface area contributed by atoms with Gasteiger partial charge in [0.2, 0.25) is 0 Å². The van der Waals surface area contributed by atoms with Crippen LogP contribution in [0.4, 0.5) is 5.69 Å². The van der Waals surface area contributed by atoms with Crippen molar-refractivity contribution in [1.29, 1.82) is 0 Å². The summed E-state index contributed by atoms with van der Waals surface area (Å²) in [7, 11) is 0. The largest absolute Gasteiger partial charge is 0.399 e. The number of hydrogen-bond donors (Lipinski definition) is 2. The second kappa shape index (κ2) is 7.01. The lowest BCUT2D eigenvalue weighted by Crippen LogP contribution is -2.28. The Bertz CT molecular complexity index is 403. The number of ether oxygens (including phenoxy) is 1. The minimum atomic E-state index is -0.0827. The summed E-state index contributed by atoms with van der Waals surface area (Å²) < 4.78 is 5.40. The van der Waals surface area contributed by atoms with Crippen LogP contribution < -0.4 is 11.1 Å². The van der Waals surface area contributed by atoms with E-state index < -0.39 is 0 Å². The van der Waals surface area contributed by atoms with E-state index in [0.717, 1.165) is 12.2 Å². The Morgan fingerprint density at radius 3 is 2.78 bits per heavy atom. The summed E-state index contributed by atoms with van der Waals surface area (Å²) in [6, 6.07) is 5.27. The Balaban J connectivity index is 2.36. The number of benzene rings is 1. The number of anilines is 1. The van der Waals surface area contributed by atoms with Crippen molar-refractivity contribution in [3.8, 4) is 0 Å². The van der Waals surface area contributed by atoms with Gasteiger partial charge in [0.15, 0.2) is 0 Å². The summed E-state index contributed by atoms with van der Waals surface area (Å²) in [5, 5.41) is 2.83. The summed E-state index contributed by atoms with van der Waals surface area (Å²) >= 11 is 0. The minimum Gasteiger partial charge on any atom is -0.399 e. The van der Waals surface area contributed by atoms with Gasteiger partial charge in [-0.1, -0.05) is 13.8 Å². The van der Waals surface area contributed by atoms with Crippen molar-refractivity contribution in [2.75, 3.05) is 25.5 Å². The van der Waals surface area contributed by atoms with Gasteiger partial charge in [-0.3, -0.25) is 4.79 Å². The molecule has 1 aromatic carbocycles. The van der Waals surface area contributed by atoms with E-state index in [-0.39, 0.29) is 5.91 Å². The SMILES string of the molecule is Cc1cc(N)ccc1C(=O)NCCOCC(C)C. The zero-order valence-electron chi connectivity index (χ0n) is 11.3. The van der Waals surface area contributed by atoms with E-state index in [9.17, 15) is 4.79 Å². The summed E-state index contributed by atoms with van der Waals surface area (Å²) in [5.74, 6) is 0.431. The van der Waals surface area contributed by atoms with Crippen molar-refractivity contribution in [3.05, 3.63) is 29.3 Å². The molecule has 4 heteroatoms. The van der Waals surface area contributed by atoms with E-state index in [4.69, 9.17) is 10.5 Å². The number of nitrogens with one attached hydrogen (secondary N) is 1. The van der Waals surface area contributed by atoms with Gasteiger partial charge in [0, 0.05) is 24.4 Å². The second-order valence-corrected chi connectivity index (χ2v) is 4.80. The Hall–Kier alpha value is -1.55. The molecule has 0 aliphatic heterocycles. The van der Waals surface area contributed by atoms with E-state index in [1.54, 1.807) is 18.2 Å². The lowest BCUT2D eigenvalue weighted by Gasteiger charge is -2.09. The average molecular weight is 250 g/mol. The summed E-state index contributed by atoms with van der Waals surface area (Å²) in [4.78, 5) is 11.9. The number of aryl methyl sites for hydroxylation is 1. The number of nitrogen functional groups attached to an aromatic ring is 1. The van der Waals surface area contributed by atoms with Crippen LogP contribution in [0, 0.1) is 12.8 Å². The monoisotopic (exact) mass is 250 g/mol. The fraction of sp³-hybridized carbons (Fsp3) is 0.500. The summed E-state index contributed by atoms with van der Waals surface area (Å²) in [6.45, 7) is 7.84. The predicted octanol–water partition coefficient (Wildman–Crippen LogP) is 1.98. The van der Waals surface area contributed by atoms with Gasteiger partial charge in [-0.15, -0.1) is 0 Å². The van der Waals surface area contributed by atoms with Crippen molar-refractivity contribution in [2.45, 2.75) is 20.8 Å². The zero-order valence-corrected chi connectivity index (χ0v) is 11.3. The summed E-state index contributed by atoms with van der Waals surface area (Å²) in [6.07, 6.45) is 0. The van der Waals surface area contributed by atoms with E-state index in [2.05, 4.69) is 19.2 Å². The maximum Gasteiger partial charge on any atom is 0.251 e. The van der Waals surface area contributed by atoms with Gasteiger partial charge < -0.3 is 15.8 Å². The molecule has 0 aromatic heterocycles. The molecule has 1 rings (SSSR count). The van der Waals surface area contributed by atoms with Crippen molar-refractivity contribution >= 4 is 11.6 Å². The molecule has 100 valence electrons. The molecule has 1 amide bonds. The molecule has 0 fully saturated rings. The third-order valence-electron chi connectivity index (χ3n) is 2.48. The maximum absolute atomic E-state index is 11.9. The molecule has 0 radical (unpaired) electrons. The minimum absolute atomic E-state index is 0.0827. The molecule has 0 heterocycles. The number of nitrogens with two attached hydrogens (primary N) is 1. The van der Waals surface area contributed by atoms with E-state index in [1.807, 2.05) is 6.92 Å². The van der Waals surface area contributed by atoms with Gasteiger partial charge in [0.1, 0.15) is 0 Å². The molecule has 0 atom stereocenters. The van der Waals surface area contributed by atoms with Gasteiger partial charge in [-0.05, 0) is 36.6 Å². The molecule has 0 spiro atoms. The molecule has 0 saturated carbocycles. The quantitative estimate of drug-likeness (QED) is 0.599. The maximum atomic E-state index is 11.9. The van der Waals surface area contributed by atoms with Crippen molar-refractivity contribution in [3.63, 3.8) is 0 Å². The highest BCUT2D eigenvalue weighted by molar-refractivity contribution is 5.95. The first-order chi connectivity index (χ1) is 8.50. The van der Waals surface area contributed by atoms with E-state index in [0.29, 0.717) is 30.3 Å². The summed E-state index contributed by atoms with van der Waals surface area (Å²) in [5.41, 5.74) is 7.86. The van der Waals surface area contributed by atoms with Crippen LogP contribution in [-0.4, -0.2) is 25.7 Å². The topological polar surface area (TPSA) is 64.4 Å². The lowest BCUT2D eigenvalue weighted by molar-refractivity contribution is 0.0886. The Kier molecular flexibility index (Phi) is 5.65. The van der Waals surface area contributed by atoms with Gasteiger partial charge in [0.05, 0.1) is 6.61 Å². The third kappa shape index (κ3) is 4.75. The van der Waals surface area contributed by atoms with Crippen LogP contribution in [-0.2, 0) is 4.74 Å². The fourth-order valence-electron chi connectivity index (χ4n) is 1.59. The highest BCUT2D eigenvalue weighted by Gasteiger charge is 2.08. The number of rotatable bonds is 6. The Morgan fingerprint density at radius 1 is 1.44 bits per heavy atom. The van der Waals surface area contributed by atoms with Crippen LogP contribution in [0.2, 0.25) is 0 Å². The molecule has 0 saturated heterocycles. The third-order valence-corrected chi connectivity index (χ3v) is 2.48. The van der Waals surface area contributed by atoms with Crippen LogP contribution >= 0.6 is 0 Å². The fourth-order valence-corrected chi connectivity index (χ4v) is 1.59. The van der Waals surface area contributed by atoms with Gasteiger partial charge in [0.25, 0.3) is 5.91 Å². The van der Waals surface area contributed by atoms with Crippen LogP contribution in [0.1, 0.15) is 29.8 Å². The number of hydrogen-bond acceptors (Lipinski definition) is 3. The van der Waals surface area contributed by atoms with E-state index in [1.165, 1.54) is 0 Å².